The average molecular weight is 435 g/mol. The van der Waals surface area contributed by atoms with Crippen LogP contribution in [0.4, 0.5) is 4.79 Å². The van der Waals surface area contributed by atoms with E-state index in [-0.39, 0.29) is 35.6 Å². The van der Waals surface area contributed by atoms with E-state index in [1.54, 1.807) is 13.0 Å². The Kier molecular flexibility index (Phi) is 5.58. The van der Waals surface area contributed by atoms with E-state index in [1.807, 2.05) is 6.92 Å². The Balaban J connectivity index is 1.59. The number of Topliss-reactive ketones (excluding diaryl/α,β-unsaturated/α-hetero) is 1. The topological polar surface area (TPSA) is 110 Å². The van der Waals surface area contributed by atoms with Crippen LogP contribution in [0.3, 0.4) is 0 Å². The monoisotopic (exact) mass is 434 g/mol. The van der Waals surface area contributed by atoms with E-state index in [0.29, 0.717) is 25.7 Å². The largest absolute Gasteiger partial charge is 0.508 e. The minimum Gasteiger partial charge on any atom is -0.435 e. The molecule has 4 aliphatic rings. The summed E-state index contributed by atoms with van der Waals surface area (Å²) in [5, 5.41) is 22.9. The lowest BCUT2D eigenvalue weighted by Crippen LogP contribution is -2.62. The first-order chi connectivity index (χ1) is 14.6. The number of hydrogen-bond donors (Lipinski definition) is 2. The standard InChI is InChI=1S/C24H34O7/c1-4-30-21(28)31-13-19(27)24(29)10-8-17-16-6-5-14-11-15(25)7-9-22(14,2)20(16)18(26)12-23(17,24)3/h11,16-18,20,26,29H,4-10,12-13H2,1-3H3/t16-,17-,18-,20+,22-,23-,24+/m0/s1. The summed E-state index contributed by atoms with van der Waals surface area (Å²) in [5.41, 5.74) is -1.49. The first-order valence-electron chi connectivity index (χ1n) is 11.5. The van der Waals surface area contributed by atoms with Crippen molar-refractivity contribution >= 4 is 17.7 Å². The van der Waals surface area contributed by atoms with E-state index in [2.05, 4.69) is 6.92 Å². The van der Waals surface area contributed by atoms with Crippen molar-refractivity contribution < 1.29 is 34.1 Å². The van der Waals surface area contributed by atoms with Gasteiger partial charge >= 0.3 is 6.16 Å². The van der Waals surface area contributed by atoms with Crippen LogP contribution in [0.5, 0.6) is 0 Å². The van der Waals surface area contributed by atoms with Crippen LogP contribution >= 0.6 is 0 Å². The Morgan fingerprint density at radius 2 is 1.90 bits per heavy atom. The summed E-state index contributed by atoms with van der Waals surface area (Å²) in [6.07, 6.45) is 4.43. The molecule has 0 saturated heterocycles. The highest BCUT2D eigenvalue weighted by Gasteiger charge is 2.68. The fraction of sp³-hybridized carbons (Fsp3) is 0.792. The van der Waals surface area contributed by atoms with Crippen LogP contribution in [0.25, 0.3) is 0 Å². The second-order valence-electron chi connectivity index (χ2n) is 10.4. The molecular formula is C24H34O7. The van der Waals surface area contributed by atoms with Crippen molar-refractivity contribution in [3.63, 3.8) is 0 Å². The number of hydrogen-bond acceptors (Lipinski definition) is 7. The minimum absolute atomic E-state index is 0.0203. The molecule has 172 valence electrons. The van der Waals surface area contributed by atoms with Gasteiger partial charge in [0.2, 0.25) is 5.78 Å². The van der Waals surface area contributed by atoms with E-state index in [9.17, 15) is 24.6 Å². The van der Waals surface area contributed by atoms with Crippen molar-refractivity contribution in [3.8, 4) is 0 Å². The Morgan fingerprint density at radius 3 is 2.61 bits per heavy atom. The smallest absolute Gasteiger partial charge is 0.435 e. The summed E-state index contributed by atoms with van der Waals surface area (Å²) in [4.78, 5) is 36.5. The molecule has 7 heteroatoms. The molecule has 0 heterocycles. The highest BCUT2D eigenvalue weighted by atomic mass is 16.7. The van der Waals surface area contributed by atoms with Gasteiger partial charge in [-0.1, -0.05) is 19.4 Å². The summed E-state index contributed by atoms with van der Waals surface area (Å²) >= 11 is 0. The van der Waals surface area contributed by atoms with Crippen LogP contribution < -0.4 is 0 Å². The maximum absolute atomic E-state index is 13.0. The number of fused-ring (bicyclic) bond motifs is 5. The van der Waals surface area contributed by atoms with Crippen LogP contribution in [0.15, 0.2) is 11.6 Å². The normalized spacial score (nSPS) is 43.9. The molecule has 3 fully saturated rings. The summed E-state index contributed by atoms with van der Waals surface area (Å²) in [6, 6.07) is 0. The van der Waals surface area contributed by atoms with Crippen LogP contribution in [-0.4, -0.2) is 52.9 Å². The second kappa shape index (κ2) is 7.69. The van der Waals surface area contributed by atoms with Crippen molar-refractivity contribution in [2.75, 3.05) is 13.2 Å². The van der Waals surface area contributed by atoms with Crippen LogP contribution in [-0.2, 0) is 19.1 Å². The third kappa shape index (κ3) is 3.27. The number of allylic oxidation sites excluding steroid dienone is 1. The van der Waals surface area contributed by atoms with Crippen LogP contribution in [0.2, 0.25) is 0 Å². The SMILES string of the molecule is CCOC(=O)OCC(=O)[C@]1(O)CC[C@H]2[C@@H]3CCC4=CC(=O)CC[C@]4(C)[C@H]3[C@@H](O)C[C@@]21C. The zero-order valence-electron chi connectivity index (χ0n) is 18.7. The molecule has 7 nitrogen and oxygen atoms in total. The molecule has 0 spiro atoms. The highest BCUT2D eigenvalue weighted by molar-refractivity contribution is 5.92. The first kappa shape index (κ1) is 22.5. The second-order valence-corrected chi connectivity index (χ2v) is 10.4. The maximum Gasteiger partial charge on any atom is 0.508 e. The summed E-state index contributed by atoms with van der Waals surface area (Å²) in [7, 11) is 0. The molecule has 0 amide bonds. The third-order valence-electron chi connectivity index (χ3n) is 9.09. The lowest BCUT2D eigenvalue weighted by atomic mass is 9.45. The zero-order valence-corrected chi connectivity index (χ0v) is 18.7. The van der Waals surface area contributed by atoms with Gasteiger partial charge in [0.25, 0.3) is 0 Å². The van der Waals surface area contributed by atoms with Crippen molar-refractivity contribution in [3.05, 3.63) is 11.6 Å². The molecule has 0 radical (unpaired) electrons. The molecular weight excluding hydrogens is 400 g/mol. The Labute approximate surface area is 183 Å². The fourth-order valence-electron chi connectivity index (χ4n) is 7.55. The lowest BCUT2D eigenvalue weighted by molar-refractivity contribution is -0.182. The van der Waals surface area contributed by atoms with Gasteiger partial charge in [0.15, 0.2) is 12.4 Å². The predicted octanol–water partition coefficient (Wildman–Crippen LogP) is 2.96. The van der Waals surface area contributed by atoms with Gasteiger partial charge in [-0.15, -0.1) is 0 Å². The molecule has 0 aromatic heterocycles. The predicted molar refractivity (Wildman–Crippen MR) is 111 cm³/mol. The first-order valence-corrected chi connectivity index (χ1v) is 11.5. The molecule has 0 aliphatic heterocycles. The number of aliphatic hydroxyl groups is 2. The average Bonchev–Trinajstić information content (AvgIpc) is 2.98. The number of carbonyl (C=O) groups excluding carboxylic acids is 3. The number of aliphatic hydroxyl groups excluding tert-OH is 1. The molecule has 31 heavy (non-hydrogen) atoms. The molecule has 0 aromatic carbocycles. The Morgan fingerprint density at radius 1 is 1.16 bits per heavy atom. The van der Waals surface area contributed by atoms with E-state index in [0.717, 1.165) is 24.8 Å². The number of ether oxygens (including phenoxy) is 2. The van der Waals surface area contributed by atoms with E-state index < -0.39 is 35.7 Å². The van der Waals surface area contributed by atoms with Gasteiger partial charge in [0, 0.05) is 11.8 Å². The van der Waals surface area contributed by atoms with Crippen molar-refractivity contribution in [1.29, 1.82) is 0 Å². The van der Waals surface area contributed by atoms with Crippen LogP contribution in [0, 0.1) is 28.6 Å². The highest BCUT2D eigenvalue weighted by Crippen LogP contribution is 2.67. The Bertz CT molecular complexity index is 819. The lowest BCUT2D eigenvalue weighted by Gasteiger charge is -2.60. The van der Waals surface area contributed by atoms with Gasteiger partial charge in [0.1, 0.15) is 5.60 Å². The Hall–Kier alpha value is -1.73. The van der Waals surface area contributed by atoms with E-state index >= 15 is 0 Å². The molecule has 4 rings (SSSR count). The molecule has 2 N–H and O–H groups in total. The van der Waals surface area contributed by atoms with Gasteiger partial charge in [-0.25, -0.2) is 4.79 Å². The molecule has 0 unspecified atom stereocenters. The summed E-state index contributed by atoms with van der Waals surface area (Å²) < 4.78 is 9.62. The fourth-order valence-corrected chi connectivity index (χ4v) is 7.55. The minimum atomic E-state index is -1.64. The molecule has 4 aliphatic carbocycles. The molecule has 0 bridgehead atoms. The van der Waals surface area contributed by atoms with Crippen molar-refractivity contribution in [1.82, 2.24) is 0 Å². The van der Waals surface area contributed by atoms with E-state index in [4.69, 9.17) is 9.47 Å². The third-order valence-corrected chi connectivity index (χ3v) is 9.09. The van der Waals surface area contributed by atoms with Gasteiger partial charge in [-0.2, -0.15) is 0 Å². The van der Waals surface area contributed by atoms with Crippen LogP contribution in [0.1, 0.15) is 65.7 Å². The molecule has 7 atom stereocenters. The summed E-state index contributed by atoms with van der Waals surface area (Å²) in [5.74, 6) is -0.0668. The van der Waals surface area contributed by atoms with Gasteiger partial charge in [0.05, 0.1) is 12.7 Å². The molecule has 0 aromatic rings. The summed E-state index contributed by atoms with van der Waals surface area (Å²) in [6.45, 7) is 5.34. The number of carbonyl (C=O) groups is 3. The van der Waals surface area contributed by atoms with Crippen molar-refractivity contribution in [2.45, 2.75) is 77.4 Å². The number of rotatable bonds is 4. The number of ketones is 2. The zero-order chi connectivity index (χ0) is 22.6. The maximum atomic E-state index is 13.0. The van der Waals surface area contributed by atoms with Crippen molar-refractivity contribution in [2.24, 2.45) is 28.6 Å². The van der Waals surface area contributed by atoms with Gasteiger partial charge in [-0.05, 0) is 74.7 Å². The van der Waals surface area contributed by atoms with Gasteiger partial charge < -0.3 is 19.7 Å². The quantitative estimate of drug-likeness (QED) is 0.655. The van der Waals surface area contributed by atoms with Gasteiger partial charge in [-0.3, -0.25) is 9.59 Å². The van der Waals surface area contributed by atoms with E-state index in [1.165, 1.54) is 0 Å². The molecule has 3 saturated carbocycles.